The second kappa shape index (κ2) is 5.68. The fraction of sp³-hybridized carbons (Fsp3) is 1.00. The molecular formula is C9H19N3O2S2. The van der Waals surface area contributed by atoms with Crippen molar-refractivity contribution in [3.8, 4) is 0 Å². The standard InChI is InChI=1S/C9H19N3O2S2/c13-16(14,12-5-3-10-4-6-12)11-8-9-2-1-7-15-9/h9-11H,1-8H2. The minimum Gasteiger partial charge on any atom is -0.314 e. The summed E-state index contributed by atoms with van der Waals surface area (Å²) in [7, 11) is -3.24. The van der Waals surface area contributed by atoms with Crippen LogP contribution in [0.4, 0.5) is 0 Å². The molecule has 0 spiro atoms. The monoisotopic (exact) mass is 265 g/mol. The van der Waals surface area contributed by atoms with Crippen molar-refractivity contribution >= 4 is 22.0 Å². The average Bonchev–Trinajstić information content (AvgIpc) is 2.81. The van der Waals surface area contributed by atoms with Gasteiger partial charge in [-0.25, -0.2) is 4.72 Å². The van der Waals surface area contributed by atoms with Crippen LogP contribution in [0.1, 0.15) is 12.8 Å². The summed E-state index contributed by atoms with van der Waals surface area (Å²) in [6.07, 6.45) is 2.35. The van der Waals surface area contributed by atoms with Gasteiger partial charge in [-0.3, -0.25) is 0 Å². The van der Waals surface area contributed by atoms with Crippen molar-refractivity contribution < 1.29 is 8.42 Å². The van der Waals surface area contributed by atoms with Gasteiger partial charge in [0.15, 0.2) is 0 Å². The Morgan fingerprint density at radius 3 is 2.75 bits per heavy atom. The molecule has 0 aliphatic carbocycles. The van der Waals surface area contributed by atoms with Gasteiger partial charge in [-0.15, -0.1) is 0 Å². The Morgan fingerprint density at radius 1 is 1.38 bits per heavy atom. The van der Waals surface area contributed by atoms with Gasteiger partial charge in [0, 0.05) is 38.0 Å². The molecule has 2 aliphatic rings. The zero-order valence-electron chi connectivity index (χ0n) is 9.31. The topological polar surface area (TPSA) is 61.4 Å². The molecule has 0 radical (unpaired) electrons. The Bertz CT molecular complexity index is 309. The highest BCUT2D eigenvalue weighted by molar-refractivity contribution is 8.00. The van der Waals surface area contributed by atoms with Crippen molar-refractivity contribution in [3.63, 3.8) is 0 Å². The van der Waals surface area contributed by atoms with Gasteiger partial charge >= 0.3 is 0 Å². The summed E-state index contributed by atoms with van der Waals surface area (Å²) in [6.45, 7) is 3.23. The first kappa shape index (κ1) is 12.6. The number of piperazine rings is 1. The Labute approximate surface area is 102 Å². The molecule has 0 aromatic carbocycles. The molecule has 94 valence electrons. The first-order chi connectivity index (χ1) is 7.68. The van der Waals surface area contributed by atoms with Gasteiger partial charge in [-0.1, -0.05) is 0 Å². The molecule has 1 unspecified atom stereocenters. The summed E-state index contributed by atoms with van der Waals surface area (Å²) < 4.78 is 28.1. The van der Waals surface area contributed by atoms with Crippen LogP contribution in [-0.2, 0) is 10.2 Å². The smallest absolute Gasteiger partial charge is 0.279 e. The normalized spacial score (nSPS) is 28.4. The SMILES string of the molecule is O=S(=O)(NCC1CCCS1)N1CCNCC1. The maximum absolute atomic E-state index is 11.9. The van der Waals surface area contributed by atoms with Crippen LogP contribution in [0.3, 0.4) is 0 Å². The molecule has 2 rings (SSSR count). The molecule has 2 aliphatic heterocycles. The van der Waals surface area contributed by atoms with E-state index in [1.165, 1.54) is 16.5 Å². The van der Waals surface area contributed by atoms with Gasteiger partial charge in [-0.2, -0.15) is 24.5 Å². The van der Waals surface area contributed by atoms with Crippen LogP contribution in [-0.4, -0.2) is 56.4 Å². The first-order valence-corrected chi connectivity index (χ1v) is 8.24. The lowest BCUT2D eigenvalue weighted by Crippen LogP contribution is -2.51. The van der Waals surface area contributed by atoms with E-state index in [0.29, 0.717) is 24.9 Å². The van der Waals surface area contributed by atoms with Gasteiger partial charge in [0.05, 0.1) is 0 Å². The van der Waals surface area contributed by atoms with E-state index in [1.807, 2.05) is 11.8 Å². The van der Waals surface area contributed by atoms with Crippen LogP contribution in [0.25, 0.3) is 0 Å². The Hall–Kier alpha value is 0.180. The van der Waals surface area contributed by atoms with E-state index < -0.39 is 10.2 Å². The van der Waals surface area contributed by atoms with Gasteiger partial charge in [0.1, 0.15) is 0 Å². The van der Waals surface area contributed by atoms with Crippen LogP contribution in [0, 0.1) is 0 Å². The molecule has 0 aromatic rings. The number of nitrogens with zero attached hydrogens (tertiary/aromatic N) is 1. The van der Waals surface area contributed by atoms with Crippen molar-refractivity contribution in [1.82, 2.24) is 14.3 Å². The summed E-state index contributed by atoms with van der Waals surface area (Å²) in [5, 5.41) is 3.62. The van der Waals surface area contributed by atoms with E-state index in [1.54, 1.807) is 0 Å². The summed E-state index contributed by atoms with van der Waals surface area (Å²) in [5.74, 6) is 1.17. The second-order valence-corrected chi connectivity index (χ2v) is 7.30. The third-order valence-electron chi connectivity index (χ3n) is 2.93. The number of thioether (sulfide) groups is 1. The third-order valence-corrected chi connectivity index (χ3v) is 5.91. The number of hydrogen-bond acceptors (Lipinski definition) is 4. The molecule has 2 N–H and O–H groups in total. The van der Waals surface area contributed by atoms with Gasteiger partial charge in [0.2, 0.25) is 0 Å². The van der Waals surface area contributed by atoms with E-state index >= 15 is 0 Å². The minimum absolute atomic E-state index is 0.470. The highest BCUT2D eigenvalue weighted by Gasteiger charge is 2.25. The molecule has 5 nitrogen and oxygen atoms in total. The van der Waals surface area contributed by atoms with E-state index in [-0.39, 0.29) is 0 Å². The van der Waals surface area contributed by atoms with Crippen LogP contribution in [0.2, 0.25) is 0 Å². The molecule has 0 aromatic heterocycles. The quantitative estimate of drug-likeness (QED) is 0.727. The van der Waals surface area contributed by atoms with E-state index in [4.69, 9.17) is 0 Å². The number of rotatable bonds is 4. The molecule has 0 amide bonds. The van der Waals surface area contributed by atoms with Crippen molar-refractivity contribution in [2.45, 2.75) is 18.1 Å². The lowest BCUT2D eigenvalue weighted by Gasteiger charge is -2.27. The van der Waals surface area contributed by atoms with Gasteiger partial charge in [0.25, 0.3) is 10.2 Å². The molecule has 2 fully saturated rings. The average molecular weight is 265 g/mol. The van der Waals surface area contributed by atoms with Gasteiger partial charge in [-0.05, 0) is 18.6 Å². The maximum atomic E-state index is 11.9. The predicted octanol–water partition coefficient (Wildman–Crippen LogP) is -0.378. The van der Waals surface area contributed by atoms with Crippen molar-refractivity contribution in [3.05, 3.63) is 0 Å². The van der Waals surface area contributed by atoms with E-state index in [2.05, 4.69) is 10.0 Å². The second-order valence-electron chi connectivity index (χ2n) is 4.14. The van der Waals surface area contributed by atoms with Crippen LogP contribution in [0.15, 0.2) is 0 Å². The zero-order chi connectivity index (χ0) is 11.4. The van der Waals surface area contributed by atoms with Gasteiger partial charge < -0.3 is 5.32 Å². The fourth-order valence-electron chi connectivity index (χ4n) is 1.98. The minimum atomic E-state index is -3.24. The number of nitrogens with one attached hydrogen (secondary N) is 2. The van der Waals surface area contributed by atoms with Crippen LogP contribution >= 0.6 is 11.8 Å². The number of hydrogen-bond donors (Lipinski definition) is 2. The highest BCUT2D eigenvalue weighted by atomic mass is 32.2. The molecule has 16 heavy (non-hydrogen) atoms. The first-order valence-electron chi connectivity index (χ1n) is 5.75. The zero-order valence-corrected chi connectivity index (χ0v) is 10.9. The van der Waals surface area contributed by atoms with Crippen molar-refractivity contribution in [2.24, 2.45) is 0 Å². The Kier molecular flexibility index (Phi) is 4.48. The molecule has 2 saturated heterocycles. The maximum Gasteiger partial charge on any atom is 0.279 e. The van der Waals surface area contributed by atoms with E-state index in [0.717, 1.165) is 19.5 Å². The van der Waals surface area contributed by atoms with Crippen molar-refractivity contribution in [2.75, 3.05) is 38.5 Å². The van der Waals surface area contributed by atoms with Crippen molar-refractivity contribution in [1.29, 1.82) is 0 Å². The molecule has 7 heteroatoms. The molecular weight excluding hydrogens is 246 g/mol. The van der Waals surface area contributed by atoms with Crippen LogP contribution < -0.4 is 10.0 Å². The van der Waals surface area contributed by atoms with Crippen LogP contribution in [0.5, 0.6) is 0 Å². The Balaban J connectivity index is 1.81. The summed E-state index contributed by atoms with van der Waals surface area (Å²) in [4.78, 5) is 0. The third kappa shape index (κ3) is 3.33. The summed E-state index contributed by atoms with van der Waals surface area (Å²) in [6, 6.07) is 0. The summed E-state index contributed by atoms with van der Waals surface area (Å²) in [5.41, 5.74) is 0. The fourth-order valence-corrected chi connectivity index (χ4v) is 4.54. The highest BCUT2D eigenvalue weighted by Crippen LogP contribution is 2.25. The van der Waals surface area contributed by atoms with E-state index in [9.17, 15) is 8.42 Å². The predicted molar refractivity (Wildman–Crippen MR) is 66.8 cm³/mol. The Morgan fingerprint density at radius 2 is 2.12 bits per heavy atom. The molecule has 0 bridgehead atoms. The lowest BCUT2D eigenvalue weighted by atomic mass is 10.2. The molecule has 0 saturated carbocycles. The summed E-state index contributed by atoms with van der Waals surface area (Å²) >= 11 is 1.87. The largest absolute Gasteiger partial charge is 0.314 e. The lowest BCUT2D eigenvalue weighted by molar-refractivity contribution is 0.355. The molecule has 1 atom stereocenters. The molecule has 2 heterocycles.